The lowest BCUT2D eigenvalue weighted by Gasteiger charge is -2.38. The number of ketones is 1. The first-order valence-corrected chi connectivity index (χ1v) is 8.42. The first-order valence-electron chi connectivity index (χ1n) is 8.42. The maximum absolute atomic E-state index is 13.4. The Hall–Kier alpha value is -1.77. The fraction of sp³-hybridized carbons (Fsp3) is 0.722. The number of hydrogen-bond acceptors (Lipinski definition) is 3. The van der Waals surface area contributed by atoms with Crippen LogP contribution >= 0.6 is 0 Å². The van der Waals surface area contributed by atoms with Gasteiger partial charge in [-0.25, -0.2) is 8.78 Å². The van der Waals surface area contributed by atoms with Gasteiger partial charge >= 0.3 is 0 Å². The van der Waals surface area contributed by atoms with Gasteiger partial charge in [-0.3, -0.25) is 9.59 Å². The third-order valence-electron chi connectivity index (χ3n) is 5.67. The molecule has 24 heavy (non-hydrogen) atoms. The standard InChI is InChI=1S/C18H22F2N2O2/c1-16(2)10-17(7-13(9-21)14(16)23)5-6-22(11-17)15(24)12-3-4-18(19,20)8-12/h7,12H,3-6,8,10-11H2,1-2H3/t12?,17-/m0/s1. The van der Waals surface area contributed by atoms with E-state index < -0.39 is 17.3 Å². The molecule has 1 unspecified atom stereocenters. The zero-order valence-corrected chi connectivity index (χ0v) is 14.1. The van der Waals surface area contributed by atoms with Crippen LogP contribution < -0.4 is 0 Å². The van der Waals surface area contributed by atoms with Gasteiger partial charge in [0.15, 0.2) is 5.78 Å². The highest BCUT2D eigenvalue weighted by atomic mass is 19.3. The molecule has 3 aliphatic rings. The van der Waals surface area contributed by atoms with Crippen molar-refractivity contribution in [1.29, 1.82) is 5.26 Å². The second kappa shape index (κ2) is 5.37. The lowest BCUT2D eigenvalue weighted by Crippen LogP contribution is -2.41. The van der Waals surface area contributed by atoms with Crippen LogP contribution in [0, 0.1) is 28.1 Å². The maximum atomic E-state index is 13.4. The van der Waals surface area contributed by atoms with E-state index >= 15 is 0 Å². The summed E-state index contributed by atoms with van der Waals surface area (Å²) in [5.41, 5.74) is -0.869. The molecule has 4 nitrogen and oxygen atoms in total. The Kier molecular flexibility index (Phi) is 3.82. The largest absolute Gasteiger partial charge is 0.342 e. The van der Waals surface area contributed by atoms with E-state index in [1.165, 1.54) is 0 Å². The van der Waals surface area contributed by atoms with Crippen molar-refractivity contribution < 1.29 is 18.4 Å². The summed E-state index contributed by atoms with van der Waals surface area (Å²) in [6.45, 7) is 4.56. The molecular formula is C18H22F2N2O2. The number of rotatable bonds is 1. The van der Waals surface area contributed by atoms with Crippen molar-refractivity contribution in [2.45, 2.75) is 51.9 Å². The number of hydrogen-bond donors (Lipinski definition) is 0. The quantitative estimate of drug-likeness (QED) is 0.739. The monoisotopic (exact) mass is 336 g/mol. The van der Waals surface area contributed by atoms with Crippen molar-refractivity contribution >= 4 is 11.7 Å². The smallest absolute Gasteiger partial charge is 0.248 e. The zero-order chi connectivity index (χ0) is 17.8. The average molecular weight is 336 g/mol. The number of halogens is 2. The van der Waals surface area contributed by atoms with Crippen molar-refractivity contribution in [3.63, 3.8) is 0 Å². The lowest BCUT2D eigenvalue weighted by molar-refractivity contribution is -0.135. The van der Waals surface area contributed by atoms with Gasteiger partial charge in [0.05, 0.1) is 5.57 Å². The topological polar surface area (TPSA) is 61.2 Å². The fourth-order valence-electron chi connectivity index (χ4n) is 4.60. The first kappa shape index (κ1) is 17.1. The van der Waals surface area contributed by atoms with Crippen LogP contribution in [0.2, 0.25) is 0 Å². The van der Waals surface area contributed by atoms with Crippen LogP contribution in [-0.2, 0) is 9.59 Å². The van der Waals surface area contributed by atoms with Crippen LogP contribution in [0.25, 0.3) is 0 Å². The SMILES string of the molecule is CC1(C)C[C@@]2(C=C(C#N)C1=O)CCN(C(=O)C1CCC(F)(F)C1)C2. The summed E-state index contributed by atoms with van der Waals surface area (Å²) < 4.78 is 26.8. The van der Waals surface area contributed by atoms with Crippen molar-refractivity contribution in [1.82, 2.24) is 4.90 Å². The molecule has 1 aliphatic heterocycles. The van der Waals surface area contributed by atoms with E-state index in [0.29, 0.717) is 25.9 Å². The van der Waals surface area contributed by atoms with E-state index in [9.17, 15) is 23.6 Å². The molecule has 1 saturated carbocycles. The van der Waals surface area contributed by atoms with Crippen molar-refractivity contribution in [2.24, 2.45) is 16.7 Å². The number of Topliss-reactive ketones (excluding diaryl/α,β-unsaturated/α-hetero) is 1. The predicted octanol–water partition coefficient (Wildman–Crippen LogP) is 3.09. The summed E-state index contributed by atoms with van der Waals surface area (Å²) in [6, 6.07) is 1.98. The third-order valence-corrected chi connectivity index (χ3v) is 5.67. The summed E-state index contributed by atoms with van der Waals surface area (Å²) >= 11 is 0. The number of nitrogens with zero attached hydrogens (tertiary/aromatic N) is 2. The van der Waals surface area contributed by atoms with Gasteiger partial charge in [0, 0.05) is 42.7 Å². The van der Waals surface area contributed by atoms with Gasteiger partial charge in [-0.05, 0) is 19.3 Å². The molecule has 1 spiro atoms. The molecule has 0 bridgehead atoms. The summed E-state index contributed by atoms with van der Waals surface area (Å²) in [6.07, 6.45) is 2.62. The van der Waals surface area contributed by atoms with Crippen LogP contribution in [0.3, 0.4) is 0 Å². The Balaban J connectivity index is 1.78. The Morgan fingerprint density at radius 3 is 2.67 bits per heavy atom. The Bertz CT molecular complexity index is 662. The van der Waals surface area contributed by atoms with E-state index in [0.717, 1.165) is 0 Å². The van der Waals surface area contributed by atoms with Gasteiger partial charge in [0.1, 0.15) is 6.07 Å². The molecule has 0 N–H and O–H groups in total. The molecule has 0 aromatic heterocycles. The van der Waals surface area contributed by atoms with E-state index in [-0.39, 0.29) is 41.9 Å². The number of amides is 1. The van der Waals surface area contributed by atoms with Crippen LogP contribution in [0.1, 0.15) is 46.0 Å². The predicted molar refractivity (Wildman–Crippen MR) is 83.0 cm³/mol. The van der Waals surface area contributed by atoms with Crippen molar-refractivity contribution in [3.05, 3.63) is 11.6 Å². The van der Waals surface area contributed by atoms with Crippen LogP contribution in [0.4, 0.5) is 8.78 Å². The maximum Gasteiger partial charge on any atom is 0.248 e. The summed E-state index contributed by atoms with van der Waals surface area (Å²) in [5.74, 6) is -3.69. The van der Waals surface area contributed by atoms with Crippen LogP contribution in [-0.4, -0.2) is 35.6 Å². The molecule has 1 amide bonds. The molecule has 0 radical (unpaired) electrons. The number of allylic oxidation sites excluding steroid dienone is 1. The molecule has 1 heterocycles. The molecule has 2 fully saturated rings. The van der Waals surface area contributed by atoms with Gasteiger partial charge < -0.3 is 4.90 Å². The first-order chi connectivity index (χ1) is 11.1. The van der Waals surface area contributed by atoms with E-state index in [4.69, 9.17) is 0 Å². The molecular weight excluding hydrogens is 314 g/mol. The Morgan fingerprint density at radius 1 is 1.38 bits per heavy atom. The summed E-state index contributed by atoms with van der Waals surface area (Å²) in [7, 11) is 0. The number of nitriles is 1. The number of carbonyl (C=O) groups excluding carboxylic acids is 2. The number of alkyl halides is 2. The minimum Gasteiger partial charge on any atom is -0.342 e. The average Bonchev–Trinajstić information content (AvgIpc) is 3.06. The van der Waals surface area contributed by atoms with Crippen molar-refractivity contribution in [2.75, 3.05) is 13.1 Å². The van der Waals surface area contributed by atoms with Crippen LogP contribution in [0.5, 0.6) is 0 Å². The second-order valence-corrected chi connectivity index (χ2v) is 8.23. The highest BCUT2D eigenvalue weighted by Crippen LogP contribution is 2.49. The van der Waals surface area contributed by atoms with E-state index in [1.807, 2.05) is 19.9 Å². The van der Waals surface area contributed by atoms with Gasteiger partial charge in [-0.2, -0.15) is 5.26 Å². The van der Waals surface area contributed by atoms with Gasteiger partial charge in [-0.15, -0.1) is 0 Å². The minimum atomic E-state index is -2.73. The molecule has 3 rings (SSSR count). The Morgan fingerprint density at radius 2 is 2.08 bits per heavy atom. The molecule has 2 atom stereocenters. The second-order valence-electron chi connectivity index (χ2n) is 8.23. The molecule has 6 heteroatoms. The molecule has 2 aliphatic carbocycles. The van der Waals surface area contributed by atoms with Crippen molar-refractivity contribution in [3.8, 4) is 6.07 Å². The Labute approximate surface area is 140 Å². The molecule has 1 saturated heterocycles. The van der Waals surface area contributed by atoms with Gasteiger partial charge in [0.2, 0.25) is 11.8 Å². The molecule has 130 valence electrons. The van der Waals surface area contributed by atoms with E-state index in [2.05, 4.69) is 0 Å². The van der Waals surface area contributed by atoms with E-state index in [1.54, 1.807) is 11.0 Å². The van der Waals surface area contributed by atoms with Gasteiger partial charge in [-0.1, -0.05) is 19.9 Å². The lowest BCUT2D eigenvalue weighted by atomic mass is 9.64. The minimum absolute atomic E-state index is 0.157. The third kappa shape index (κ3) is 2.85. The normalized spacial score (nSPS) is 34.3. The molecule has 0 aromatic carbocycles. The number of carbonyl (C=O) groups is 2. The molecule has 0 aromatic rings. The summed E-state index contributed by atoms with van der Waals surface area (Å²) in [5, 5.41) is 9.24. The van der Waals surface area contributed by atoms with Gasteiger partial charge in [0.25, 0.3) is 0 Å². The highest BCUT2D eigenvalue weighted by molar-refractivity contribution is 6.03. The zero-order valence-electron chi connectivity index (χ0n) is 14.1. The summed E-state index contributed by atoms with van der Waals surface area (Å²) in [4.78, 5) is 26.5. The van der Waals surface area contributed by atoms with Crippen LogP contribution in [0.15, 0.2) is 11.6 Å². The highest BCUT2D eigenvalue weighted by Gasteiger charge is 2.50. The number of likely N-dealkylation sites (tertiary alicyclic amines) is 1. The fourth-order valence-corrected chi connectivity index (χ4v) is 4.60.